The van der Waals surface area contributed by atoms with Gasteiger partial charge in [0, 0.05) is 23.7 Å². The molecule has 3 aromatic rings. The van der Waals surface area contributed by atoms with Crippen LogP contribution in [0.5, 0.6) is 0 Å². The first-order valence-corrected chi connectivity index (χ1v) is 8.23. The monoisotopic (exact) mass is 344 g/mol. The molecule has 23 heavy (non-hydrogen) atoms. The van der Waals surface area contributed by atoms with Crippen LogP contribution in [0.1, 0.15) is 12.2 Å². The third-order valence-corrected chi connectivity index (χ3v) is 3.88. The lowest BCUT2D eigenvalue weighted by Gasteiger charge is -2.10. The SMILES string of the molecule is S=C(NCCCc1nc2ccccc2[nH]1)Nc1cccc(Cl)c1. The van der Waals surface area contributed by atoms with Crippen molar-refractivity contribution in [2.24, 2.45) is 0 Å². The third-order valence-electron chi connectivity index (χ3n) is 3.40. The van der Waals surface area contributed by atoms with Crippen molar-refractivity contribution in [1.82, 2.24) is 15.3 Å². The van der Waals surface area contributed by atoms with Gasteiger partial charge in [0.25, 0.3) is 0 Å². The maximum atomic E-state index is 5.94. The van der Waals surface area contributed by atoms with Gasteiger partial charge in [0.15, 0.2) is 5.11 Å². The van der Waals surface area contributed by atoms with E-state index in [-0.39, 0.29) is 0 Å². The summed E-state index contributed by atoms with van der Waals surface area (Å²) in [6, 6.07) is 15.5. The molecule has 118 valence electrons. The number of fused-ring (bicyclic) bond motifs is 1. The number of rotatable bonds is 5. The number of para-hydroxylation sites is 2. The molecule has 0 unspecified atom stereocenters. The summed E-state index contributed by atoms with van der Waals surface area (Å²) in [5, 5.41) is 7.58. The fraction of sp³-hybridized carbons (Fsp3) is 0.176. The number of hydrogen-bond acceptors (Lipinski definition) is 2. The molecule has 6 heteroatoms. The number of imidazole rings is 1. The number of aromatic amines is 1. The van der Waals surface area contributed by atoms with Crippen molar-refractivity contribution in [3.63, 3.8) is 0 Å². The van der Waals surface area contributed by atoms with Crippen LogP contribution in [0.25, 0.3) is 11.0 Å². The molecular formula is C17H17ClN4S. The van der Waals surface area contributed by atoms with E-state index in [1.54, 1.807) is 0 Å². The molecule has 2 aromatic carbocycles. The third kappa shape index (κ3) is 4.43. The van der Waals surface area contributed by atoms with Gasteiger partial charge < -0.3 is 15.6 Å². The van der Waals surface area contributed by atoms with Crippen molar-refractivity contribution < 1.29 is 0 Å². The highest BCUT2D eigenvalue weighted by Crippen LogP contribution is 2.14. The van der Waals surface area contributed by atoms with Gasteiger partial charge in [-0.2, -0.15) is 0 Å². The molecule has 0 amide bonds. The van der Waals surface area contributed by atoms with Crippen molar-refractivity contribution in [3.8, 4) is 0 Å². The normalized spacial score (nSPS) is 10.7. The minimum absolute atomic E-state index is 0.594. The number of nitrogens with one attached hydrogen (secondary N) is 3. The number of benzene rings is 2. The quantitative estimate of drug-likeness (QED) is 0.481. The molecule has 0 saturated carbocycles. The van der Waals surface area contributed by atoms with Crippen molar-refractivity contribution in [3.05, 3.63) is 59.4 Å². The van der Waals surface area contributed by atoms with Crippen molar-refractivity contribution in [2.45, 2.75) is 12.8 Å². The van der Waals surface area contributed by atoms with Gasteiger partial charge in [-0.3, -0.25) is 0 Å². The van der Waals surface area contributed by atoms with E-state index in [9.17, 15) is 0 Å². The summed E-state index contributed by atoms with van der Waals surface area (Å²) in [5.41, 5.74) is 2.97. The number of nitrogens with zero attached hydrogens (tertiary/aromatic N) is 1. The maximum Gasteiger partial charge on any atom is 0.170 e. The van der Waals surface area contributed by atoms with Crippen LogP contribution in [0.15, 0.2) is 48.5 Å². The van der Waals surface area contributed by atoms with Gasteiger partial charge in [0.1, 0.15) is 5.82 Å². The molecule has 0 aliphatic rings. The second-order valence-electron chi connectivity index (χ2n) is 5.20. The first kappa shape index (κ1) is 15.8. The average Bonchev–Trinajstić information content (AvgIpc) is 2.94. The standard InChI is InChI=1S/C17H17ClN4S/c18-12-5-3-6-13(11-12)20-17(23)19-10-4-9-16-21-14-7-1-2-8-15(14)22-16/h1-3,5-8,11H,4,9-10H2,(H,21,22)(H2,19,20,23). The number of aryl methyl sites for hydroxylation is 1. The van der Waals surface area contributed by atoms with Crippen LogP contribution in [0.4, 0.5) is 5.69 Å². The Morgan fingerprint density at radius 1 is 1.17 bits per heavy atom. The Hall–Kier alpha value is -2.11. The van der Waals surface area contributed by atoms with E-state index in [0.717, 1.165) is 41.9 Å². The fourth-order valence-corrected chi connectivity index (χ4v) is 2.73. The molecule has 0 saturated heterocycles. The highest BCUT2D eigenvalue weighted by atomic mass is 35.5. The summed E-state index contributed by atoms with van der Waals surface area (Å²) in [4.78, 5) is 7.89. The van der Waals surface area contributed by atoms with Crippen LogP contribution in [0.3, 0.4) is 0 Å². The van der Waals surface area contributed by atoms with Gasteiger partial charge in [0.2, 0.25) is 0 Å². The molecule has 0 bridgehead atoms. The average molecular weight is 345 g/mol. The van der Waals surface area contributed by atoms with E-state index < -0.39 is 0 Å². The highest BCUT2D eigenvalue weighted by Gasteiger charge is 2.02. The predicted octanol–water partition coefficient (Wildman–Crippen LogP) is 4.14. The Morgan fingerprint density at radius 2 is 2.04 bits per heavy atom. The Labute approximate surface area is 145 Å². The van der Waals surface area contributed by atoms with E-state index in [1.807, 2.05) is 48.5 Å². The van der Waals surface area contributed by atoms with Gasteiger partial charge >= 0.3 is 0 Å². The molecule has 0 aliphatic carbocycles. The molecule has 0 aliphatic heterocycles. The Morgan fingerprint density at radius 3 is 2.87 bits per heavy atom. The zero-order valence-corrected chi connectivity index (χ0v) is 14.0. The summed E-state index contributed by atoms with van der Waals surface area (Å²) >= 11 is 11.2. The lowest BCUT2D eigenvalue weighted by atomic mass is 10.3. The lowest BCUT2D eigenvalue weighted by molar-refractivity contribution is 0.753. The Balaban J connectivity index is 1.43. The van der Waals surface area contributed by atoms with Crippen LogP contribution in [-0.4, -0.2) is 21.6 Å². The summed E-state index contributed by atoms with van der Waals surface area (Å²) in [7, 11) is 0. The number of hydrogen-bond donors (Lipinski definition) is 3. The molecule has 1 heterocycles. The van der Waals surface area contributed by atoms with Crippen LogP contribution in [0, 0.1) is 0 Å². The van der Waals surface area contributed by atoms with E-state index in [2.05, 4.69) is 20.6 Å². The summed E-state index contributed by atoms with van der Waals surface area (Å²) in [6.07, 6.45) is 1.82. The fourth-order valence-electron chi connectivity index (χ4n) is 2.32. The van der Waals surface area contributed by atoms with E-state index in [1.165, 1.54) is 0 Å². The van der Waals surface area contributed by atoms with Crippen LogP contribution in [0.2, 0.25) is 5.02 Å². The minimum Gasteiger partial charge on any atom is -0.362 e. The second-order valence-corrected chi connectivity index (χ2v) is 6.04. The second kappa shape index (κ2) is 7.44. The van der Waals surface area contributed by atoms with Crippen molar-refractivity contribution in [1.29, 1.82) is 0 Å². The summed E-state index contributed by atoms with van der Waals surface area (Å²) in [6.45, 7) is 0.781. The molecule has 1 aromatic heterocycles. The van der Waals surface area contributed by atoms with E-state index in [4.69, 9.17) is 23.8 Å². The summed E-state index contributed by atoms with van der Waals surface area (Å²) < 4.78 is 0. The number of halogens is 1. The van der Waals surface area contributed by atoms with Crippen LogP contribution < -0.4 is 10.6 Å². The highest BCUT2D eigenvalue weighted by molar-refractivity contribution is 7.80. The number of aromatic nitrogens is 2. The van der Waals surface area contributed by atoms with Crippen LogP contribution >= 0.6 is 23.8 Å². The van der Waals surface area contributed by atoms with Crippen LogP contribution in [-0.2, 0) is 6.42 Å². The zero-order valence-electron chi connectivity index (χ0n) is 12.5. The zero-order chi connectivity index (χ0) is 16.1. The topological polar surface area (TPSA) is 52.7 Å². The van der Waals surface area contributed by atoms with E-state index in [0.29, 0.717) is 10.1 Å². The molecule has 0 radical (unpaired) electrons. The van der Waals surface area contributed by atoms with Crippen molar-refractivity contribution in [2.75, 3.05) is 11.9 Å². The van der Waals surface area contributed by atoms with E-state index >= 15 is 0 Å². The van der Waals surface area contributed by atoms with Gasteiger partial charge in [0.05, 0.1) is 11.0 Å². The largest absolute Gasteiger partial charge is 0.362 e. The molecule has 0 spiro atoms. The maximum absolute atomic E-state index is 5.94. The molecule has 3 N–H and O–H groups in total. The number of thiocarbonyl (C=S) groups is 1. The summed E-state index contributed by atoms with van der Waals surface area (Å²) in [5.74, 6) is 1.00. The molecule has 0 fully saturated rings. The molecule has 3 rings (SSSR count). The molecule has 4 nitrogen and oxygen atoms in total. The van der Waals surface area contributed by atoms with Gasteiger partial charge in [-0.1, -0.05) is 29.8 Å². The Bertz CT molecular complexity index is 782. The smallest absolute Gasteiger partial charge is 0.170 e. The number of H-pyrrole nitrogens is 1. The predicted molar refractivity (Wildman–Crippen MR) is 100 cm³/mol. The molecular weight excluding hydrogens is 328 g/mol. The van der Waals surface area contributed by atoms with Gasteiger partial charge in [-0.15, -0.1) is 0 Å². The molecule has 0 atom stereocenters. The minimum atomic E-state index is 0.594. The lowest BCUT2D eigenvalue weighted by Crippen LogP contribution is -2.29. The number of anilines is 1. The van der Waals surface area contributed by atoms with Gasteiger partial charge in [-0.05, 0) is 49.0 Å². The van der Waals surface area contributed by atoms with Gasteiger partial charge in [-0.25, -0.2) is 4.98 Å². The first-order valence-electron chi connectivity index (χ1n) is 7.45. The Kier molecular flexibility index (Phi) is 5.10. The van der Waals surface area contributed by atoms with Crippen molar-refractivity contribution >= 4 is 45.7 Å². The first-order chi connectivity index (χ1) is 11.2.